The van der Waals surface area contributed by atoms with E-state index < -0.39 is 162 Å². The molecular formula is C63H113N11O13. The molecule has 0 aliphatic carbocycles. The second-order valence-electron chi connectivity index (χ2n) is 26.5. The summed E-state index contributed by atoms with van der Waals surface area (Å²) in [7, 11) is 9.64. The minimum Gasteiger partial charge on any atom is -0.394 e. The fourth-order valence-electron chi connectivity index (χ4n) is 11.0. The Labute approximate surface area is 520 Å². The van der Waals surface area contributed by atoms with Gasteiger partial charge in [0, 0.05) is 49.3 Å². The fraction of sp³-hybridized carbons (Fsp3) is 0.794. The molecule has 0 aromatic heterocycles. The number of aliphatic hydroxyl groups excluding tert-OH is 2. The summed E-state index contributed by atoms with van der Waals surface area (Å²) in [6.07, 6.45) is 2.71. The molecule has 498 valence electrons. The summed E-state index contributed by atoms with van der Waals surface area (Å²) in [5.74, 6) is -10.6. The molecule has 87 heavy (non-hydrogen) atoms. The second-order valence-corrected chi connectivity index (χ2v) is 26.5. The van der Waals surface area contributed by atoms with Gasteiger partial charge in [0.1, 0.15) is 66.5 Å². The van der Waals surface area contributed by atoms with Crippen LogP contribution in [0, 0.1) is 41.4 Å². The summed E-state index contributed by atoms with van der Waals surface area (Å²) >= 11 is 0. The highest BCUT2D eigenvalue weighted by molar-refractivity contribution is 6.00. The lowest BCUT2D eigenvalue weighted by Gasteiger charge is -2.41. The Balaban J connectivity index is 4.41. The number of nitrogens with one attached hydrogen (secondary N) is 4. The molecule has 1 aliphatic heterocycles. The number of amides is 11. The van der Waals surface area contributed by atoms with E-state index in [0.29, 0.717) is 0 Å². The van der Waals surface area contributed by atoms with E-state index in [1.165, 1.54) is 82.8 Å². The lowest BCUT2D eigenvalue weighted by atomic mass is 9.91. The van der Waals surface area contributed by atoms with E-state index in [2.05, 4.69) is 21.3 Å². The molecule has 0 radical (unpaired) electrons. The van der Waals surface area contributed by atoms with Crippen LogP contribution in [0.25, 0.3) is 0 Å². The largest absolute Gasteiger partial charge is 0.394 e. The first-order valence-corrected chi connectivity index (χ1v) is 31.2. The van der Waals surface area contributed by atoms with Crippen LogP contribution in [-0.4, -0.2) is 238 Å². The number of aliphatic hydroxyl groups is 2. The molecule has 0 aromatic rings. The molecule has 11 amide bonds. The van der Waals surface area contributed by atoms with E-state index >= 15 is 9.59 Å². The molecule has 1 aliphatic rings. The number of nitrogens with zero attached hydrogens (tertiary/aromatic N) is 7. The van der Waals surface area contributed by atoms with E-state index in [9.17, 15) is 53.4 Å². The van der Waals surface area contributed by atoms with Crippen LogP contribution in [0.3, 0.4) is 0 Å². The summed E-state index contributed by atoms with van der Waals surface area (Å²) in [5.41, 5.74) is 0. The lowest BCUT2D eigenvalue weighted by molar-refractivity contribution is -0.157. The normalized spacial score (nSPS) is 27.4. The van der Waals surface area contributed by atoms with Gasteiger partial charge in [-0.1, -0.05) is 109 Å². The molecule has 13 atom stereocenters. The van der Waals surface area contributed by atoms with Crippen molar-refractivity contribution < 1.29 is 63.0 Å². The van der Waals surface area contributed by atoms with Crippen molar-refractivity contribution in [1.29, 1.82) is 0 Å². The van der Waals surface area contributed by atoms with E-state index in [1.807, 2.05) is 55.4 Å². The van der Waals surface area contributed by atoms with E-state index in [0.717, 1.165) is 14.7 Å². The van der Waals surface area contributed by atoms with Crippen LogP contribution in [0.4, 0.5) is 0 Å². The zero-order chi connectivity index (χ0) is 67.6. The van der Waals surface area contributed by atoms with Gasteiger partial charge in [-0.05, 0) is 101 Å². The molecule has 1 heterocycles. The molecule has 1 rings (SSSR count). The maximum absolute atomic E-state index is 15.2. The Morgan fingerprint density at radius 2 is 0.805 bits per heavy atom. The van der Waals surface area contributed by atoms with Crippen molar-refractivity contribution in [2.24, 2.45) is 41.4 Å². The van der Waals surface area contributed by atoms with Gasteiger partial charge in [-0.2, -0.15) is 0 Å². The Morgan fingerprint density at radius 1 is 0.425 bits per heavy atom. The summed E-state index contributed by atoms with van der Waals surface area (Å²) in [4.78, 5) is 169. The first kappa shape index (κ1) is 78.8. The van der Waals surface area contributed by atoms with Gasteiger partial charge in [-0.15, -0.1) is 0 Å². The molecule has 1 saturated heterocycles. The Morgan fingerprint density at radius 3 is 1.23 bits per heavy atom. The van der Waals surface area contributed by atoms with Crippen LogP contribution >= 0.6 is 0 Å². The molecule has 1 unspecified atom stereocenters. The Kier molecular flexibility index (Phi) is 32.4. The van der Waals surface area contributed by atoms with Crippen LogP contribution in [0.1, 0.15) is 156 Å². The van der Waals surface area contributed by atoms with E-state index in [-0.39, 0.29) is 62.2 Å². The standard InChI is InChI=1S/C63H113N11O13/c1-25-27-28-40(15)52(76)51-56(80)66-43(26-2)58(82)72(22)48(33-75)61(85)68(18)45(30-35(5)6)55(79)67-49(38(11)12)62(86)69(19)44(29-34(3)4)54(78)64-41(16)53(77)65-42(17)57(81)70(20)46(31-36(7)8)59(83)71(21)47(32-37(9)10)60(84)73(23)50(39(13)14)63(87)74(51)24/h25,27,34-52,75-76H,26,28-33H2,1-24H3,(H,64,78)(H,65,77)(H,66,80)(H,67,79)/b27-25+/t40-,41+,42-,43+,44+,45+,46+,47+,48+,49+,50+,51?,52-/m1/s1. The number of hydrogen-bond acceptors (Lipinski definition) is 13. The van der Waals surface area contributed by atoms with Crippen molar-refractivity contribution in [3.63, 3.8) is 0 Å². The lowest BCUT2D eigenvalue weighted by Crippen LogP contribution is -2.64. The second kappa shape index (κ2) is 35.7. The summed E-state index contributed by atoms with van der Waals surface area (Å²) in [5, 5.41) is 33.9. The van der Waals surface area contributed by atoms with Crippen molar-refractivity contribution in [2.45, 2.75) is 229 Å². The Bertz CT molecular complexity index is 2380. The number of carbonyl (C=O) groups is 11. The Hall–Kier alpha value is -6.17. The first-order chi connectivity index (χ1) is 40.2. The average molecular weight is 1230 g/mol. The van der Waals surface area contributed by atoms with Crippen LogP contribution in [0.2, 0.25) is 0 Å². The summed E-state index contributed by atoms with van der Waals surface area (Å²) in [6, 6.07) is -14.4. The SMILES string of the molecule is C/C=C/C[C@@H](C)[C@@H](O)C1C(=O)N[C@@H](CC)C(=O)N(C)[C@@H](CO)C(=O)N(C)[C@@H](CC(C)C)C(=O)N[C@@H](C(C)C)C(=O)N(C)[C@@H](CC(C)C)C(=O)N[C@@H](C)C(=O)N[C@H](C)C(=O)N(C)[C@@H](CC(C)C)C(=O)N(C)[C@@H](CC(C)C)C(=O)N(C)[C@@H](C(C)C)C(=O)N1C. The topological polar surface area (TPSA) is 299 Å². The predicted molar refractivity (Wildman–Crippen MR) is 334 cm³/mol. The van der Waals surface area contributed by atoms with Gasteiger partial charge >= 0.3 is 0 Å². The average Bonchev–Trinajstić information content (AvgIpc) is 1.23. The van der Waals surface area contributed by atoms with Gasteiger partial charge in [-0.3, -0.25) is 52.7 Å². The number of rotatable bonds is 16. The van der Waals surface area contributed by atoms with Gasteiger partial charge in [0.25, 0.3) is 0 Å². The van der Waals surface area contributed by atoms with E-state index in [4.69, 9.17) is 0 Å². The van der Waals surface area contributed by atoms with Crippen LogP contribution in [0.15, 0.2) is 12.2 Å². The maximum atomic E-state index is 15.2. The highest BCUT2D eigenvalue weighted by atomic mass is 16.3. The highest BCUT2D eigenvalue weighted by Crippen LogP contribution is 2.26. The molecule has 6 N–H and O–H groups in total. The quantitative estimate of drug-likeness (QED) is 0.121. The third-order valence-corrected chi connectivity index (χ3v) is 16.6. The highest BCUT2D eigenvalue weighted by Gasteiger charge is 2.46. The predicted octanol–water partition coefficient (Wildman–Crippen LogP) is 2.63. The van der Waals surface area contributed by atoms with Crippen molar-refractivity contribution in [2.75, 3.05) is 55.9 Å². The van der Waals surface area contributed by atoms with Gasteiger partial charge in [0.05, 0.1) is 12.7 Å². The molecule has 0 aromatic carbocycles. The molecule has 0 spiro atoms. The zero-order valence-electron chi connectivity index (χ0n) is 57.1. The van der Waals surface area contributed by atoms with Crippen LogP contribution < -0.4 is 21.3 Å². The molecule has 24 heteroatoms. The number of likely N-dealkylation sites (N-methyl/N-ethyl adjacent to an activating group) is 7. The molecule has 0 bridgehead atoms. The zero-order valence-corrected chi connectivity index (χ0v) is 57.1. The van der Waals surface area contributed by atoms with Gasteiger partial charge < -0.3 is 65.8 Å². The van der Waals surface area contributed by atoms with Gasteiger partial charge in [0.15, 0.2) is 0 Å². The third kappa shape index (κ3) is 21.5. The molecule has 0 saturated carbocycles. The molecular weight excluding hydrogens is 1120 g/mol. The van der Waals surface area contributed by atoms with Crippen molar-refractivity contribution in [3.8, 4) is 0 Å². The van der Waals surface area contributed by atoms with Crippen LogP contribution in [0.5, 0.6) is 0 Å². The smallest absolute Gasteiger partial charge is 0.248 e. The minimum absolute atomic E-state index is 0.0623. The fourth-order valence-corrected chi connectivity index (χ4v) is 11.0. The molecule has 24 nitrogen and oxygen atoms in total. The van der Waals surface area contributed by atoms with Crippen molar-refractivity contribution in [1.82, 2.24) is 55.6 Å². The molecule has 1 fully saturated rings. The van der Waals surface area contributed by atoms with Crippen molar-refractivity contribution >= 4 is 65.0 Å². The monoisotopic (exact) mass is 1230 g/mol. The number of allylic oxidation sites excluding steroid dienone is 2. The van der Waals surface area contributed by atoms with Crippen molar-refractivity contribution in [3.05, 3.63) is 12.2 Å². The minimum atomic E-state index is -1.67. The van der Waals surface area contributed by atoms with E-state index in [1.54, 1.807) is 60.6 Å². The third-order valence-electron chi connectivity index (χ3n) is 16.6. The summed E-state index contributed by atoms with van der Waals surface area (Å²) < 4.78 is 0. The summed E-state index contributed by atoms with van der Waals surface area (Å²) in [6.45, 7) is 28.6. The van der Waals surface area contributed by atoms with Gasteiger partial charge in [0.2, 0.25) is 65.0 Å². The van der Waals surface area contributed by atoms with Crippen LogP contribution in [-0.2, 0) is 52.7 Å². The first-order valence-electron chi connectivity index (χ1n) is 31.2. The number of hydrogen-bond donors (Lipinski definition) is 6. The van der Waals surface area contributed by atoms with Gasteiger partial charge in [-0.25, -0.2) is 0 Å². The maximum Gasteiger partial charge on any atom is 0.248 e. The number of carbonyl (C=O) groups excluding carboxylic acids is 11.